The molecule has 1 aliphatic carbocycles. The third kappa shape index (κ3) is 6.68. The Kier molecular flexibility index (Phi) is 7.59. The summed E-state index contributed by atoms with van der Waals surface area (Å²) in [7, 11) is -4.14. The highest BCUT2D eigenvalue weighted by molar-refractivity contribution is 7.84. The van der Waals surface area contributed by atoms with E-state index in [-0.39, 0.29) is 30.2 Å². The zero-order valence-electron chi connectivity index (χ0n) is 19.2. The van der Waals surface area contributed by atoms with Crippen molar-refractivity contribution in [1.29, 1.82) is 0 Å². The van der Waals surface area contributed by atoms with Gasteiger partial charge in [0.1, 0.15) is 17.8 Å². The first-order valence-corrected chi connectivity index (χ1v) is 12.5. The zero-order chi connectivity index (χ0) is 26.8. The molecule has 0 saturated heterocycles. The summed E-state index contributed by atoms with van der Waals surface area (Å²) in [6.07, 6.45) is -0.445. The molecule has 0 radical (unpaired) electrons. The van der Waals surface area contributed by atoms with Gasteiger partial charge in [0.2, 0.25) is 5.78 Å². The Hall–Kier alpha value is -3.40. The van der Waals surface area contributed by atoms with E-state index < -0.39 is 45.9 Å². The zero-order valence-corrected chi connectivity index (χ0v) is 20.0. The molecule has 0 unspecified atom stereocenters. The molecule has 37 heavy (non-hydrogen) atoms. The van der Waals surface area contributed by atoms with Gasteiger partial charge in [0, 0.05) is 18.3 Å². The first kappa shape index (κ1) is 26.7. The number of benzene rings is 1. The highest BCUT2D eigenvalue weighted by Gasteiger charge is 2.36. The van der Waals surface area contributed by atoms with Gasteiger partial charge in [-0.2, -0.15) is 26.7 Å². The second-order valence-corrected chi connectivity index (χ2v) is 9.78. The lowest BCUT2D eigenvalue weighted by atomic mass is 10.1. The number of nitrogens with zero attached hydrogens (tertiary/aromatic N) is 4. The Balaban J connectivity index is 1.43. The van der Waals surface area contributed by atoms with Crippen LogP contribution in [-0.4, -0.2) is 57.8 Å². The molecule has 4 rings (SSSR count). The molecular weight excluding hydrogens is 517 g/mol. The van der Waals surface area contributed by atoms with E-state index >= 15 is 0 Å². The Morgan fingerprint density at radius 2 is 1.95 bits per heavy atom. The van der Waals surface area contributed by atoms with E-state index in [1.807, 2.05) is 0 Å². The molecule has 1 fully saturated rings. The number of aliphatic hydroxyl groups is 1. The van der Waals surface area contributed by atoms with E-state index in [0.29, 0.717) is 18.4 Å². The van der Waals surface area contributed by atoms with Crippen molar-refractivity contribution < 1.29 is 35.7 Å². The molecule has 11 nitrogen and oxygen atoms in total. The van der Waals surface area contributed by atoms with Gasteiger partial charge in [0.25, 0.3) is 0 Å². The van der Waals surface area contributed by atoms with Crippen molar-refractivity contribution in [1.82, 2.24) is 19.7 Å². The second-order valence-electron chi connectivity index (χ2n) is 8.56. The molecule has 2 aromatic heterocycles. The number of ketones is 1. The largest absolute Gasteiger partial charge is 0.416 e. The van der Waals surface area contributed by atoms with E-state index in [2.05, 4.69) is 24.6 Å². The number of hydrogen-bond donors (Lipinski definition) is 3. The van der Waals surface area contributed by atoms with Crippen molar-refractivity contribution in [2.75, 3.05) is 11.9 Å². The van der Waals surface area contributed by atoms with Gasteiger partial charge in [-0.15, -0.1) is 0 Å². The third-order valence-electron chi connectivity index (χ3n) is 5.97. The van der Waals surface area contributed by atoms with Crippen molar-refractivity contribution in [2.45, 2.75) is 37.7 Å². The summed E-state index contributed by atoms with van der Waals surface area (Å²) in [5, 5.41) is 22.7. The summed E-state index contributed by atoms with van der Waals surface area (Å²) >= 11 is 0. The monoisotopic (exact) mass is 540 g/mol. The molecule has 1 aromatic carbocycles. The van der Waals surface area contributed by atoms with Crippen molar-refractivity contribution in [3.8, 4) is 0 Å². The fraction of sp³-hybridized carbons (Fsp3) is 0.364. The maximum atomic E-state index is 13.1. The van der Waals surface area contributed by atoms with Gasteiger partial charge in [-0.1, -0.05) is 12.1 Å². The van der Waals surface area contributed by atoms with E-state index in [1.54, 1.807) is 0 Å². The number of carbonyl (C=O) groups excluding carboxylic acids is 1. The van der Waals surface area contributed by atoms with Crippen LogP contribution in [0.15, 0.2) is 49.1 Å². The van der Waals surface area contributed by atoms with Crippen LogP contribution in [-0.2, 0) is 27.2 Å². The first-order chi connectivity index (χ1) is 17.4. The van der Waals surface area contributed by atoms with E-state index in [0.717, 1.165) is 12.1 Å². The molecule has 3 atom stereocenters. The van der Waals surface area contributed by atoms with Crippen LogP contribution in [0.1, 0.15) is 40.0 Å². The first-order valence-electron chi connectivity index (χ1n) is 11.1. The molecule has 0 aliphatic heterocycles. The summed E-state index contributed by atoms with van der Waals surface area (Å²) in [6.45, 7) is -0.123. The van der Waals surface area contributed by atoms with Gasteiger partial charge in [0.05, 0.1) is 36.4 Å². The number of carbonyl (C=O) groups is 1. The number of alkyl halides is 3. The minimum Gasteiger partial charge on any atom is -0.391 e. The average molecular weight is 541 g/mol. The normalized spacial score (nSPS) is 20.2. The number of anilines is 1. The van der Waals surface area contributed by atoms with Crippen LogP contribution < -0.4 is 10.5 Å². The standard InChI is InChI=1S/C22H23F3N6O5S/c23-22(24,25)15-4-1-13(2-5-15)10-31-8-7-18(30-31)20(33)16-9-27-12-28-21(16)29-17-6-3-14(19(17)32)11-36-37(26,34)35/h1-2,4-5,7-9,12,14,17,19,32H,3,6,10-11H2,(H2,26,34,35)(H,27,28,29)/t14-,17-,19-/m1/s1. The van der Waals surface area contributed by atoms with Crippen LogP contribution in [0.3, 0.4) is 0 Å². The van der Waals surface area contributed by atoms with Crippen LogP contribution in [0.4, 0.5) is 19.0 Å². The fourth-order valence-electron chi connectivity index (χ4n) is 4.07. The summed E-state index contributed by atoms with van der Waals surface area (Å²) in [5.41, 5.74) is -0.0288. The number of nitrogens with one attached hydrogen (secondary N) is 1. The Morgan fingerprint density at radius 3 is 2.62 bits per heavy atom. The summed E-state index contributed by atoms with van der Waals surface area (Å²) in [6, 6.07) is 5.57. The molecule has 0 spiro atoms. The van der Waals surface area contributed by atoms with Crippen molar-refractivity contribution >= 4 is 21.9 Å². The maximum Gasteiger partial charge on any atom is 0.416 e. The number of nitrogens with two attached hydrogens (primary N) is 1. The van der Waals surface area contributed by atoms with Gasteiger partial charge in [-0.3, -0.25) is 13.7 Å². The number of aliphatic hydroxyl groups excluding tert-OH is 1. The number of hydrogen-bond acceptors (Lipinski definition) is 9. The molecule has 2 heterocycles. The SMILES string of the molecule is NS(=O)(=O)OC[C@H]1CC[C@@H](Nc2ncncc2C(=O)c2ccn(Cc3ccc(C(F)(F)F)cc3)n2)[C@@H]1O. The molecule has 3 aromatic rings. The molecule has 198 valence electrons. The second kappa shape index (κ2) is 10.5. The van der Waals surface area contributed by atoms with E-state index in [4.69, 9.17) is 5.14 Å². The van der Waals surface area contributed by atoms with Gasteiger partial charge >= 0.3 is 16.5 Å². The number of aromatic nitrogens is 4. The molecule has 0 amide bonds. The minimum absolute atomic E-state index is 0.0659. The van der Waals surface area contributed by atoms with Crippen LogP contribution in [0, 0.1) is 5.92 Å². The quantitative estimate of drug-likeness (QED) is 0.343. The van der Waals surface area contributed by atoms with Crippen LogP contribution in [0.5, 0.6) is 0 Å². The molecular formula is C22H23F3N6O5S. The number of halogens is 3. The third-order valence-corrected chi connectivity index (χ3v) is 6.43. The lowest BCUT2D eigenvalue weighted by Gasteiger charge is -2.21. The highest BCUT2D eigenvalue weighted by atomic mass is 32.2. The molecule has 1 aliphatic rings. The summed E-state index contributed by atoms with van der Waals surface area (Å²) in [4.78, 5) is 21.1. The Morgan fingerprint density at radius 1 is 1.22 bits per heavy atom. The molecule has 4 N–H and O–H groups in total. The Labute approximate surface area is 209 Å². The Bertz CT molecular complexity index is 1360. The molecule has 15 heteroatoms. The molecule has 0 bridgehead atoms. The van der Waals surface area contributed by atoms with Crippen LogP contribution in [0.25, 0.3) is 0 Å². The lowest BCUT2D eigenvalue weighted by Crippen LogP contribution is -2.35. The topological polar surface area (TPSA) is 162 Å². The van der Waals surface area contributed by atoms with Gasteiger partial charge in [-0.25, -0.2) is 15.1 Å². The predicted octanol–water partition coefficient (Wildman–Crippen LogP) is 1.74. The van der Waals surface area contributed by atoms with Crippen LogP contribution in [0.2, 0.25) is 0 Å². The predicted molar refractivity (Wildman–Crippen MR) is 123 cm³/mol. The van der Waals surface area contributed by atoms with Crippen molar-refractivity contribution in [3.63, 3.8) is 0 Å². The van der Waals surface area contributed by atoms with Crippen LogP contribution >= 0.6 is 0 Å². The smallest absolute Gasteiger partial charge is 0.391 e. The summed E-state index contributed by atoms with van der Waals surface area (Å²) < 4.78 is 66.4. The van der Waals surface area contributed by atoms with Crippen molar-refractivity contribution in [3.05, 3.63) is 71.4 Å². The van der Waals surface area contributed by atoms with Gasteiger partial charge in [0.15, 0.2) is 0 Å². The molecule has 1 saturated carbocycles. The van der Waals surface area contributed by atoms with E-state index in [1.165, 1.54) is 41.6 Å². The van der Waals surface area contributed by atoms with E-state index in [9.17, 15) is 31.5 Å². The number of rotatable bonds is 9. The fourth-order valence-corrected chi connectivity index (χ4v) is 4.43. The lowest BCUT2D eigenvalue weighted by molar-refractivity contribution is -0.137. The maximum absolute atomic E-state index is 13.1. The van der Waals surface area contributed by atoms with Gasteiger partial charge < -0.3 is 10.4 Å². The highest BCUT2D eigenvalue weighted by Crippen LogP contribution is 2.30. The average Bonchev–Trinajstić information content (AvgIpc) is 3.44. The minimum atomic E-state index is -4.43. The van der Waals surface area contributed by atoms with Crippen molar-refractivity contribution in [2.24, 2.45) is 11.1 Å². The summed E-state index contributed by atoms with van der Waals surface area (Å²) in [5.74, 6) is -0.831. The van der Waals surface area contributed by atoms with Gasteiger partial charge in [-0.05, 0) is 36.6 Å².